The quantitative estimate of drug-likeness (QED) is 0.889. The van der Waals surface area contributed by atoms with Crippen molar-refractivity contribution in [3.8, 4) is 0 Å². The molecule has 2 heteroatoms. The second-order valence-corrected chi connectivity index (χ2v) is 6.44. The Morgan fingerprint density at radius 2 is 2.19 bits per heavy atom. The molecule has 0 bridgehead atoms. The van der Waals surface area contributed by atoms with Gasteiger partial charge >= 0.3 is 0 Å². The van der Waals surface area contributed by atoms with Crippen LogP contribution in [0.3, 0.4) is 0 Å². The van der Waals surface area contributed by atoms with Crippen LogP contribution in [0.25, 0.3) is 0 Å². The topological polar surface area (TPSA) is 12.0 Å². The summed E-state index contributed by atoms with van der Waals surface area (Å²) < 4.78 is 1.18. The highest BCUT2D eigenvalue weighted by Gasteiger charge is 2.49. The molecule has 0 aliphatic heterocycles. The predicted octanol–water partition coefficient (Wildman–Crippen LogP) is 3.63. The van der Waals surface area contributed by atoms with Gasteiger partial charge < -0.3 is 5.32 Å². The Morgan fingerprint density at radius 3 is 2.69 bits per heavy atom. The highest BCUT2D eigenvalue weighted by atomic mass is 79.9. The minimum atomic E-state index is 0.541. The predicted molar refractivity (Wildman–Crippen MR) is 72.6 cm³/mol. The Kier molecular flexibility index (Phi) is 3.41. The summed E-state index contributed by atoms with van der Waals surface area (Å²) in [7, 11) is 2.08. The van der Waals surface area contributed by atoms with Crippen LogP contribution < -0.4 is 5.32 Å². The number of halogens is 1. The van der Waals surface area contributed by atoms with Crippen LogP contribution in [0, 0.1) is 11.3 Å². The summed E-state index contributed by atoms with van der Waals surface area (Å²) in [5.41, 5.74) is 1.95. The molecular weight excluding hydrogens is 262 g/mol. The first-order chi connectivity index (χ1) is 7.53. The van der Waals surface area contributed by atoms with Crippen molar-refractivity contribution in [1.82, 2.24) is 5.32 Å². The maximum absolute atomic E-state index is 3.53. The zero-order valence-electron chi connectivity index (χ0n) is 10.3. The van der Waals surface area contributed by atoms with E-state index >= 15 is 0 Å². The van der Waals surface area contributed by atoms with Gasteiger partial charge in [0.05, 0.1) is 0 Å². The van der Waals surface area contributed by atoms with Crippen LogP contribution in [0.4, 0.5) is 0 Å². The van der Waals surface area contributed by atoms with Crippen LogP contribution in [0.15, 0.2) is 28.7 Å². The average Bonchev–Trinajstić information content (AvgIpc) is 2.84. The molecule has 2 atom stereocenters. The smallest absolute Gasteiger partial charge is 0.0178 e. The van der Waals surface area contributed by atoms with Crippen molar-refractivity contribution in [3.05, 3.63) is 34.3 Å². The third kappa shape index (κ3) is 2.67. The monoisotopic (exact) mass is 281 g/mol. The zero-order chi connectivity index (χ0) is 11.8. The summed E-state index contributed by atoms with van der Waals surface area (Å²) in [6.45, 7) is 4.73. The Bertz CT molecular complexity index is 373. The van der Waals surface area contributed by atoms with Crippen LogP contribution in [-0.4, -0.2) is 13.1 Å². The molecular formula is C14H20BrN. The van der Waals surface area contributed by atoms with Crippen LogP contribution in [0.2, 0.25) is 0 Å². The van der Waals surface area contributed by atoms with Crippen molar-refractivity contribution in [2.45, 2.75) is 32.7 Å². The minimum Gasteiger partial charge on any atom is -0.316 e. The lowest BCUT2D eigenvalue weighted by atomic mass is 9.97. The fourth-order valence-corrected chi connectivity index (χ4v) is 3.00. The number of likely N-dealkylation sites (N-methyl/N-ethyl adjacent to an activating group) is 1. The second kappa shape index (κ2) is 4.50. The SMILES string of the molecule is CNC(Cc1cccc(Br)c1)C1CC1(C)C. The van der Waals surface area contributed by atoms with E-state index in [1.807, 2.05) is 0 Å². The van der Waals surface area contributed by atoms with E-state index in [1.54, 1.807) is 0 Å². The van der Waals surface area contributed by atoms with Crippen molar-refractivity contribution in [2.24, 2.45) is 11.3 Å². The molecule has 2 rings (SSSR count). The molecule has 0 spiro atoms. The molecule has 1 aliphatic rings. The number of nitrogens with one attached hydrogen (secondary N) is 1. The molecule has 0 aromatic heterocycles. The Balaban J connectivity index is 2.03. The molecule has 1 fully saturated rings. The summed E-state index contributed by atoms with van der Waals surface area (Å²) >= 11 is 3.53. The van der Waals surface area contributed by atoms with E-state index in [4.69, 9.17) is 0 Å². The summed E-state index contributed by atoms with van der Waals surface area (Å²) in [6, 6.07) is 9.25. The van der Waals surface area contributed by atoms with E-state index in [-0.39, 0.29) is 0 Å². The molecule has 1 N–H and O–H groups in total. The Hall–Kier alpha value is -0.340. The lowest BCUT2D eigenvalue weighted by molar-refractivity contribution is 0.426. The van der Waals surface area contributed by atoms with Gasteiger partial charge in [-0.05, 0) is 48.9 Å². The summed E-state index contributed by atoms with van der Waals surface area (Å²) in [4.78, 5) is 0. The van der Waals surface area contributed by atoms with E-state index in [9.17, 15) is 0 Å². The van der Waals surface area contributed by atoms with Gasteiger partial charge in [-0.15, -0.1) is 0 Å². The number of rotatable bonds is 4. The first kappa shape index (κ1) is 12.1. The van der Waals surface area contributed by atoms with Gasteiger partial charge in [0.2, 0.25) is 0 Å². The summed E-state index contributed by atoms with van der Waals surface area (Å²) in [5, 5.41) is 3.47. The number of hydrogen-bond acceptors (Lipinski definition) is 1. The zero-order valence-corrected chi connectivity index (χ0v) is 11.8. The van der Waals surface area contributed by atoms with Crippen molar-refractivity contribution in [1.29, 1.82) is 0 Å². The van der Waals surface area contributed by atoms with Crippen molar-refractivity contribution in [3.63, 3.8) is 0 Å². The third-order valence-electron chi connectivity index (χ3n) is 3.79. The van der Waals surface area contributed by atoms with E-state index in [1.165, 1.54) is 16.5 Å². The maximum Gasteiger partial charge on any atom is 0.0178 e. The highest BCUT2D eigenvalue weighted by Crippen LogP contribution is 2.53. The van der Waals surface area contributed by atoms with Gasteiger partial charge in [0.25, 0.3) is 0 Å². The van der Waals surface area contributed by atoms with E-state index < -0.39 is 0 Å². The first-order valence-electron chi connectivity index (χ1n) is 5.94. The van der Waals surface area contributed by atoms with Crippen LogP contribution in [0.1, 0.15) is 25.8 Å². The van der Waals surface area contributed by atoms with E-state index in [0.29, 0.717) is 11.5 Å². The molecule has 1 aliphatic carbocycles. The van der Waals surface area contributed by atoms with Gasteiger partial charge in [-0.3, -0.25) is 0 Å². The summed E-state index contributed by atoms with van der Waals surface area (Å²) in [5.74, 6) is 0.830. The third-order valence-corrected chi connectivity index (χ3v) is 4.28. The molecule has 1 aromatic rings. The second-order valence-electron chi connectivity index (χ2n) is 5.53. The Morgan fingerprint density at radius 1 is 1.50 bits per heavy atom. The molecule has 88 valence electrons. The van der Waals surface area contributed by atoms with Crippen LogP contribution in [0.5, 0.6) is 0 Å². The minimum absolute atomic E-state index is 0.541. The van der Waals surface area contributed by atoms with Crippen molar-refractivity contribution >= 4 is 15.9 Å². The van der Waals surface area contributed by atoms with Gasteiger partial charge in [0.15, 0.2) is 0 Å². The fraction of sp³-hybridized carbons (Fsp3) is 0.571. The van der Waals surface area contributed by atoms with Gasteiger partial charge in [-0.1, -0.05) is 41.9 Å². The molecule has 1 aromatic carbocycles. The first-order valence-corrected chi connectivity index (χ1v) is 6.74. The van der Waals surface area contributed by atoms with E-state index in [0.717, 1.165) is 12.3 Å². The molecule has 16 heavy (non-hydrogen) atoms. The molecule has 0 radical (unpaired) electrons. The lowest BCUT2D eigenvalue weighted by Gasteiger charge is -2.18. The highest BCUT2D eigenvalue weighted by molar-refractivity contribution is 9.10. The molecule has 2 unspecified atom stereocenters. The standard InChI is InChI=1S/C14H20BrN/c1-14(2)9-12(14)13(16-3)8-10-5-4-6-11(15)7-10/h4-7,12-13,16H,8-9H2,1-3H3. The molecule has 1 saturated carbocycles. The number of benzene rings is 1. The van der Waals surface area contributed by atoms with Gasteiger partial charge in [-0.2, -0.15) is 0 Å². The molecule has 1 nitrogen and oxygen atoms in total. The van der Waals surface area contributed by atoms with Gasteiger partial charge in [0.1, 0.15) is 0 Å². The van der Waals surface area contributed by atoms with Crippen LogP contribution >= 0.6 is 15.9 Å². The molecule has 0 amide bonds. The fourth-order valence-electron chi connectivity index (χ4n) is 2.56. The van der Waals surface area contributed by atoms with Gasteiger partial charge in [0, 0.05) is 10.5 Å². The van der Waals surface area contributed by atoms with Crippen molar-refractivity contribution in [2.75, 3.05) is 7.05 Å². The lowest BCUT2D eigenvalue weighted by Crippen LogP contribution is -2.31. The maximum atomic E-state index is 3.53. The Labute approximate surface area is 107 Å². The largest absolute Gasteiger partial charge is 0.316 e. The van der Waals surface area contributed by atoms with E-state index in [2.05, 4.69) is 66.4 Å². The van der Waals surface area contributed by atoms with Crippen molar-refractivity contribution < 1.29 is 0 Å². The number of hydrogen-bond donors (Lipinski definition) is 1. The summed E-state index contributed by atoms with van der Waals surface area (Å²) in [6.07, 6.45) is 2.48. The van der Waals surface area contributed by atoms with Gasteiger partial charge in [-0.25, -0.2) is 0 Å². The normalized spacial score (nSPS) is 24.1. The molecule has 0 saturated heterocycles. The average molecular weight is 282 g/mol. The molecule has 0 heterocycles. The van der Waals surface area contributed by atoms with Crippen LogP contribution in [-0.2, 0) is 6.42 Å².